The number of fused-ring (bicyclic) bond motifs is 1. The number of rotatable bonds is 3. The van der Waals surface area contributed by atoms with Crippen LogP contribution in [0.5, 0.6) is 0 Å². The summed E-state index contributed by atoms with van der Waals surface area (Å²) < 4.78 is 32.6. The molecule has 0 amide bonds. The minimum Gasteiger partial charge on any atom is -0.378 e. The molecule has 3 heterocycles. The van der Waals surface area contributed by atoms with Crippen LogP contribution in [0.15, 0.2) is 6.20 Å². The predicted molar refractivity (Wildman–Crippen MR) is 81.8 cm³/mol. The van der Waals surface area contributed by atoms with E-state index in [1.165, 1.54) is 8.61 Å². The van der Waals surface area contributed by atoms with Gasteiger partial charge in [-0.15, -0.1) is 0 Å². The first-order valence-electron chi connectivity index (χ1n) is 7.33. The Bertz CT molecular complexity index is 643. The van der Waals surface area contributed by atoms with Crippen molar-refractivity contribution in [2.75, 3.05) is 51.8 Å². The Labute approximate surface area is 130 Å². The highest BCUT2D eigenvalue weighted by atomic mass is 32.2. The van der Waals surface area contributed by atoms with Crippen molar-refractivity contribution in [2.45, 2.75) is 13.0 Å². The Hall–Kier alpha value is -1.29. The molecular formula is C13H21N5O3S. The SMILES string of the molecule is CN(C)S(=O)(=O)N1CCc2cnc(N3CCOCC3)nc2C1. The van der Waals surface area contributed by atoms with Gasteiger partial charge in [0.05, 0.1) is 25.5 Å². The predicted octanol–water partition coefficient (Wildman–Crippen LogP) is -0.522. The second-order valence-corrected chi connectivity index (χ2v) is 7.76. The first kappa shape index (κ1) is 15.6. The van der Waals surface area contributed by atoms with Crippen molar-refractivity contribution in [3.63, 3.8) is 0 Å². The summed E-state index contributed by atoms with van der Waals surface area (Å²) in [7, 11) is -0.316. The van der Waals surface area contributed by atoms with Crippen molar-refractivity contribution in [1.82, 2.24) is 18.6 Å². The van der Waals surface area contributed by atoms with Crippen molar-refractivity contribution < 1.29 is 13.2 Å². The third-order valence-electron chi connectivity index (χ3n) is 3.98. The topological polar surface area (TPSA) is 78.9 Å². The van der Waals surface area contributed by atoms with Gasteiger partial charge in [-0.25, -0.2) is 9.97 Å². The van der Waals surface area contributed by atoms with Crippen LogP contribution in [-0.4, -0.2) is 73.9 Å². The number of aromatic nitrogens is 2. The Kier molecular flexibility index (Phi) is 4.31. The van der Waals surface area contributed by atoms with E-state index in [0.717, 1.165) is 24.3 Å². The van der Waals surface area contributed by atoms with Gasteiger partial charge in [0.2, 0.25) is 5.95 Å². The minimum absolute atomic E-state index is 0.301. The van der Waals surface area contributed by atoms with E-state index in [1.807, 2.05) is 6.20 Å². The highest BCUT2D eigenvalue weighted by Gasteiger charge is 2.30. The Morgan fingerprint density at radius 3 is 2.64 bits per heavy atom. The van der Waals surface area contributed by atoms with Crippen molar-refractivity contribution in [2.24, 2.45) is 0 Å². The molecule has 0 spiro atoms. The maximum absolute atomic E-state index is 12.3. The molecule has 0 bridgehead atoms. The normalized spacial score (nSPS) is 20.2. The number of hydrogen-bond acceptors (Lipinski definition) is 6. The van der Waals surface area contributed by atoms with Crippen LogP contribution in [-0.2, 0) is 27.9 Å². The summed E-state index contributed by atoms with van der Waals surface area (Å²) >= 11 is 0. The fraction of sp³-hybridized carbons (Fsp3) is 0.692. The van der Waals surface area contributed by atoms with Crippen LogP contribution in [0.3, 0.4) is 0 Å². The molecule has 1 aromatic rings. The van der Waals surface area contributed by atoms with E-state index in [9.17, 15) is 8.42 Å². The van der Waals surface area contributed by atoms with E-state index in [4.69, 9.17) is 4.74 Å². The van der Waals surface area contributed by atoms with Crippen molar-refractivity contribution in [3.8, 4) is 0 Å². The van der Waals surface area contributed by atoms with Crippen LogP contribution in [0.4, 0.5) is 5.95 Å². The zero-order valence-electron chi connectivity index (χ0n) is 12.9. The molecule has 3 rings (SSSR count). The smallest absolute Gasteiger partial charge is 0.281 e. The van der Waals surface area contributed by atoms with Gasteiger partial charge in [-0.1, -0.05) is 0 Å². The number of anilines is 1. The summed E-state index contributed by atoms with van der Waals surface area (Å²) in [6.07, 6.45) is 2.47. The zero-order chi connectivity index (χ0) is 15.7. The molecule has 0 aliphatic carbocycles. The van der Waals surface area contributed by atoms with Crippen LogP contribution in [0.2, 0.25) is 0 Å². The van der Waals surface area contributed by atoms with Gasteiger partial charge in [-0.3, -0.25) is 0 Å². The monoisotopic (exact) mass is 327 g/mol. The van der Waals surface area contributed by atoms with Crippen LogP contribution in [0.1, 0.15) is 11.3 Å². The lowest BCUT2D eigenvalue weighted by molar-refractivity contribution is 0.122. The summed E-state index contributed by atoms with van der Waals surface area (Å²) in [6.45, 7) is 3.63. The number of hydrogen-bond donors (Lipinski definition) is 0. The lowest BCUT2D eigenvalue weighted by Crippen LogP contribution is -2.43. The van der Waals surface area contributed by atoms with Gasteiger partial charge in [0.1, 0.15) is 0 Å². The van der Waals surface area contributed by atoms with Crippen LogP contribution in [0.25, 0.3) is 0 Å². The van der Waals surface area contributed by atoms with E-state index in [2.05, 4.69) is 14.9 Å². The summed E-state index contributed by atoms with van der Waals surface area (Å²) in [5.41, 5.74) is 1.83. The summed E-state index contributed by atoms with van der Waals surface area (Å²) in [5.74, 6) is 0.658. The van der Waals surface area contributed by atoms with E-state index < -0.39 is 10.2 Å². The minimum atomic E-state index is -3.41. The average Bonchev–Trinajstić information content (AvgIpc) is 2.54. The number of morpholine rings is 1. The molecule has 9 heteroatoms. The third-order valence-corrected chi connectivity index (χ3v) is 5.87. The molecule has 0 N–H and O–H groups in total. The second-order valence-electron chi connectivity index (χ2n) is 5.62. The summed E-state index contributed by atoms with van der Waals surface area (Å²) in [6, 6.07) is 0. The highest BCUT2D eigenvalue weighted by Crippen LogP contribution is 2.22. The van der Waals surface area contributed by atoms with Gasteiger partial charge in [0, 0.05) is 39.9 Å². The molecule has 0 atom stereocenters. The van der Waals surface area contributed by atoms with Crippen LogP contribution in [0, 0.1) is 0 Å². The van der Waals surface area contributed by atoms with E-state index in [-0.39, 0.29) is 0 Å². The van der Waals surface area contributed by atoms with Crippen molar-refractivity contribution in [1.29, 1.82) is 0 Å². The van der Waals surface area contributed by atoms with Gasteiger partial charge in [-0.2, -0.15) is 17.0 Å². The lowest BCUT2D eigenvalue weighted by atomic mass is 10.1. The zero-order valence-corrected chi connectivity index (χ0v) is 13.7. The van der Waals surface area contributed by atoms with E-state index in [1.54, 1.807) is 14.1 Å². The standard InChI is InChI=1S/C13H21N5O3S/c1-16(2)22(19,20)18-4-3-11-9-14-13(15-12(11)10-18)17-5-7-21-8-6-17/h9H,3-8,10H2,1-2H3. The summed E-state index contributed by atoms with van der Waals surface area (Å²) in [4.78, 5) is 11.1. The Morgan fingerprint density at radius 2 is 1.95 bits per heavy atom. The van der Waals surface area contributed by atoms with Crippen LogP contribution >= 0.6 is 0 Å². The second kappa shape index (κ2) is 6.07. The van der Waals surface area contributed by atoms with Gasteiger partial charge in [0.15, 0.2) is 0 Å². The molecule has 1 saturated heterocycles. The molecule has 0 aromatic carbocycles. The fourth-order valence-electron chi connectivity index (χ4n) is 2.61. The quantitative estimate of drug-likeness (QED) is 0.743. The van der Waals surface area contributed by atoms with Gasteiger partial charge in [-0.05, 0) is 12.0 Å². The van der Waals surface area contributed by atoms with E-state index >= 15 is 0 Å². The molecule has 1 aromatic heterocycles. The van der Waals surface area contributed by atoms with Crippen molar-refractivity contribution in [3.05, 3.63) is 17.5 Å². The number of ether oxygens (including phenoxy) is 1. The van der Waals surface area contributed by atoms with Gasteiger partial charge in [0.25, 0.3) is 10.2 Å². The largest absolute Gasteiger partial charge is 0.378 e. The van der Waals surface area contributed by atoms with Crippen LogP contribution < -0.4 is 4.90 Å². The molecule has 8 nitrogen and oxygen atoms in total. The fourth-order valence-corrected chi connectivity index (χ4v) is 3.68. The molecule has 0 radical (unpaired) electrons. The molecule has 122 valence electrons. The van der Waals surface area contributed by atoms with Crippen molar-refractivity contribution >= 4 is 16.2 Å². The Balaban J connectivity index is 1.83. The lowest BCUT2D eigenvalue weighted by Gasteiger charge is -2.31. The first-order valence-corrected chi connectivity index (χ1v) is 8.73. The molecular weight excluding hydrogens is 306 g/mol. The first-order chi connectivity index (χ1) is 10.5. The molecule has 0 unspecified atom stereocenters. The molecule has 0 saturated carbocycles. The van der Waals surface area contributed by atoms with E-state index in [0.29, 0.717) is 38.7 Å². The molecule has 2 aliphatic rings. The molecule has 22 heavy (non-hydrogen) atoms. The average molecular weight is 327 g/mol. The number of nitrogens with zero attached hydrogens (tertiary/aromatic N) is 5. The maximum atomic E-state index is 12.3. The Morgan fingerprint density at radius 1 is 1.23 bits per heavy atom. The summed E-state index contributed by atoms with van der Waals surface area (Å²) in [5, 5.41) is 0. The molecule has 1 fully saturated rings. The highest BCUT2D eigenvalue weighted by molar-refractivity contribution is 7.86. The van der Waals surface area contributed by atoms with Gasteiger partial charge < -0.3 is 9.64 Å². The molecule has 2 aliphatic heterocycles. The maximum Gasteiger partial charge on any atom is 0.281 e. The van der Waals surface area contributed by atoms with Gasteiger partial charge >= 0.3 is 0 Å². The third kappa shape index (κ3) is 2.94.